The number of halogens is 1. The standard InChI is InChI=1S/C21H24ClN3O6S/c1-3-4-11-23-21(28)24-19(26)14-31-20(27)15-7-5-10-18(12-15)32(29,30)25(2)17-9-6-8-16(22)13-17/h5-10,12-13H,3-4,11,14H2,1-2H3,(H2,23,24,26,28). The minimum Gasteiger partial charge on any atom is -0.452 e. The molecule has 0 aliphatic heterocycles. The summed E-state index contributed by atoms with van der Waals surface area (Å²) in [4.78, 5) is 35.4. The molecular formula is C21H24ClN3O6S. The summed E-state index contributed by atoms with van der Waals surface area (Å²) in [6.07, 6.45) is 1.65. The molecule has 2 rings (SSSR count). The number of urea groups is 1. The number of benzene rings is 2. The average Bonchev–Trinajstić information content (AvgIpc) is 2.77. The molecule has 0 aliphatic carbocycles. The van der Waals surface area contributed by atoms with E-state index >= 15 is 0 Å². The van der Waals surface area contributed by atoms with E-state index in [0.29, 0.717) is 17.3 Å². The van der Waals surface area contributed by atoms with Crippen LogP contribution in [0.15, 0.2) is 53.4 Å². The minimum atomic E-state index is -3.99. The van der Waals surface area contributed by atoms with Crippen molar-refractivity contribution in [3.8, 4) is 0 Å². The van der Waals surface area contributed by atoms with Crippen LogP contribution in [0.2, 0.25) is 5.02 Å². The Balaban J connectivity index is 2.03. The number of nitrogens with one attached hydrogen (secondary N) is 2. The van der Waals surface area contributed by atoms with Crippen molar-refractivity contribution in [2.24, 2.45) is 0 Å². The number of amides is 3. The predicted octanol–water partition coefficient (Wildman–Crippen LogP) is 2.95. The van der Waals surface area contributed by atoms with Gasteiger partial charge in [0.1, 0.15) is 0 Å². The summed E-state index contributed by atoms with van der Waals surface area (Å²) in [7, 11) is -2.63. The van der Waals surface area contributed by atoms with Crippen LogP contribution in [0.3, 0.4) is 0 Å². The largest absolute Gasteiger partial charge is 0.452 e. The van der Waals surface area contributed by atoms with Crippen LogP contribution in [0.1, 0.15) is 30.1 Å². The van der Waals surface area contributed by atoms with Gasteiger partial charge < -0.3 is 10.1 Å². The van der Waals surface area contributed by atoms with Gasteiger partial charge in [0.05, 0.1) is 16.1 Å². The quantitative estimate of drug-likeness (QED) is 0.419. The molecule has 32 heavy (non-hydrogen) atoms. The van der Waals surface area contributed by atoms with Gasteiger partial charge in [-0.1, -0.05) is 37.1 Å². The number of anilines is 1. The summed E-state index contributed by atoms with van der Waals surface area (Å²) in [5.41, 5.74) is 0.283. The Bertz CT molecular complexity index is 1090. The third kappa shape index (κ3) is 6.96. The molecule has 0 bridgehead atoms. The van der Waals surface area contributed by atoms with E-state index in [9.17, 15) is 22.8 Å². The smallest absolute Gasteiger partial charge is 0.338 e. The van der Waals surface area contributed by atoms with Crippen LogP contribution in [0.25, 0.3) is 0 Å². The summed E-state index contributed by atoms with van der Waals surface area (Å²) in [5, 5.41) is 4.91. The van der Waals surface area contributed by atoms with E-state index in [-0.39, 0.29) is 10.5 Å². The van der Waals surface area contributed by atoms with Crippen LogP contribution in [0, 0.1) is 0 Å². The molecule has 0 atom stereocenters. The second-order valence-corrected chi connectivity index (χ2v) is 9.12. The first-order chi connectivity index (χ1) is 15.1. The molecule has 3 amide bonds. The third-order valence-corrected chi connectivity index (χ3v) is 6.32. The van der Waals surface area contributed by atoms with Crippen LogP contribution in [0.5, 0.6) is 0 Å². The van der Waals surface area contributed by atoms with E-state index in [0.717, 1.165) is 23.2 Å². The number of hydrogen-bond acceptors (Lipinski definition) is 6. The minimum absolute atomic E-state index is 0.0641. The van der Waals surface area contributed by atoms with Crippen LogP contribution in [0.4, 0.5) is 10.5 Å². The number of carbonyl (C=O) groups is 3. The molecule has 0 unspecified atom stereocenters. The molecule has 0 spiro atoms. The highest BCUT2D eigenvalue weighted by atomic mass is 35.5. The molecule has 2 N–H and O–H groups in total. The number of nitrogens with zero attached hydrogens (tertiary/aromatic N) is 1. The summed E-state index contributed by atoms with van der Waals surface area (Å²) in [6.45, 7) is 1.68. The van der Waals surface area contributed by atoms with E-state index in [4.69, 9.17) is 16.3 Å². The van der Waals surface area contributed by atoms with E-state index in [2.05, 4.69) is 5.32 Å². The zero-order valence-corrected chi connectivity index (χ0v) is 19.2. The molecule has 0 heterocycles. The maximum atomic E-state index is 12.9. The monoisotopic (exact) mass is 481 g/mol. The predicted molar refractivity (Wildman–Crippen MR) is 120 cm³/mol. The SMILES string of the molecule is CCCCNC(=O)NC(=O)COC(=O)c1cccc(S(=O)(=O)N(C)c2cccc(Cl)c2)c1. The van der Waals surface area contributed by atoms with Gasteiger partial charge in [0.15, 0.2) is 6.61 Å². The van der Waals surface area contributed by atoms with Gasteiger partial charge in [-0.3, -0.25) is 14.4 Å². The first-order valence-corrected chi connectivity index (χ1v) is 11.6. The lowest BCUT2D eigenvalue weighted by molar-refractivity contribution is -0.123. The summed E-state index contributed by atoms with van der Waals surface area (Å²) >= 11 is 5.93. The molecule has 11 heteroatoms. The molecule has 0 saturated heterocycles. The zero-order chi connectivity index (χ0) is 23.7. The van der Waals surface area contributed by atoms with E-state index in [1.165, 1.54) is 31.3 Å². The van der Waals surface area contributed by atoms with Crippen LogP contribution in [-0.4, -0.2) is 46.5 Å². The molecule has 0 aliphatic rings. The van der Waals surface area contributed by atoms with Crippen molar-refractivity contribution in [3.63, 3.8) is 0 Å². The first-order valence-electron chi connectivity index (χ1n) is 9.74. The number of rotatable bonds is 9. The third-order valence-electron chi connectivity index (χ3n) is 4.30. The van der Waals surface area contributed by atoms with E-state index in [1.54, 1.807) is 18.2 Å². The van der Waals surface area contributed by atoms with Crippen LogP contribution >= 0.6 is 11.6 Å². The Morgan fingerprint density at radius 3 is 2.50 bits per heavy atom. The van der Waals surface area contributed by atoms with Gasteiger partial charge in [-0.2, -0.15) is 0 Å². The topological polar surface area (TPSA) is 122 Å². The lowest BCUT2D eigenvalue weighted by atomic mass is 10.2. The Morgan fingerprint density at radius 2 is 1.81 bits per heavy atom. The highest BCUT2D eigenvalue weighted by Crippen LogP contribution is 2.25. The highest BCUT2D eigenvalue weighted by Gasteiger charge is 2.23. The Labute approximate surface area is 191 Å². The van der Waals surface area contributed by atoms with Crippen molar-refractivity contribution in [1.82, 2.24) is 10.6 Å². The van der Waals surface area contributed by atoms with E-state index < -0.39 is 34.5 Å². The normalized spacial score (nSPS) is 10.8. The molecule has 2 aromatic rings. The second kappa shape index (κ2) is 11.5. The number of carbonyl (C=O) groups excluding carboxylic acids is 3. The summed E-state index contributed by atoms with van der Waals surface area (Å²) in [6, 6.07) is 10.9. The van der Waals surface area contributed by atoms with Gasteiger partial charge in [-0.25, -0.2) is 18.0 Å². The molecule has 2 aromatic carbocycles. The highest BCUT2D eigenvalue weighted by molar-refractivity contribution is 7.92. The number of sulfonamides is 1. The summed E-state index contributed by atoms with van der Waals surface area (Å²) < 4.78 is 31.8. The molecular weight excluding hydrogens is 458 g/mol. The molecule has 0 radical (unpaired) electrons. The lowest BCUT2D eigenvalue weighted by Gasteiger charge is -2.20. The fourth-order valence-corrected chi connectivity index (χ4v) is 3.97. The first kappa shape index (κ1) is 25.2. The van der Waals surface area contributed by atoms with Crippen molar-refractivity contribution >= 4 is 45.2 Å². The van der Waals surface area contributed by atoms with Crippen molar-refractivity contribution < 1.29 is 27.5 Å². The Morgan fingerprint density at radius 1 is 1.09 bits per heavy atom. The number of ether oxygens (including phenoxy) is 1. The number of imide groups is 1. The summed E-state index contributed by atoms with van der Waals surface area (Å²) in [5.74, 6) is -1.72. The van der Waals surface area contributed by atoms with Gasteiger partial charge in [-0.15, -0.1) is 0 Å². The molecule has 9 nitrogen and oxygen atoms in total. The van der Waals surface area contributed by atoms with E-state index in [1.807, 2.05) is 12.2 Å². The number of hydrogen-bond donors (Lipinski definition) is 2. The van der Waals surface area contributed by atoms with Crippen LogP contribution in [-0.2, 0) is 19.6 Å². The molecule has 172 valence electrons. The van der Waals surface area contributed by atoms with Gasteiger partial charge >= 0.3 is 12.0 Å². The van der Waals surface area contributed by atoms with Gasteiger partial charge in [0.2, 0.25) is 0 Å². The Hall–Kier alpha value is -3.11. The maximum Gasteiger partial charge on any atom is 0.338 e. The molecule has 0 saturated carbocycles. The van der Waals surface area contributed by atoms with Crippen molar-refractivity contribution in [3.05, 3.63) is 59.1 Å². The second-order valence-electron chi connectivity index (χ2n) is 6.71. The average molecular weight is 482 g/mol. The fraction of sp³-hybridized carbons (Fsp3) is 0.286. The fourth-order valence-electron chi connectivity index (χ4n) is 2.55. The van der Waals surface area contributed by atoms with Crippen molar-refractivity contribution in [2.75, 3.05) is 24.5 Å². The zero-order valence-electron chi connectivity index (χ0n) is 17.6. The molecule has 0 aromatic heterocycles. The number of esters is 1. The van der Waals surface area contributed by atoms with Gasteiger partial charge in [-0.05, 0) is 42.8 Å². The number of unbranched alkanes of at least 4 members (excludes halogenated alkanes) is 1. The Kier molecular flexibility index (Phi) is 9.03. The van der Waals surface area contributed by atoms with Crippen molar-refractivity contribution in [2.45, 2.75) is 24.7 Å². The van der Waals surface area contributed by atoms with Gasteiger partial charge in [0.25, 0.3) is 15.9 Å². The molecule has 0 fully saturated rings. The van der Waals surface area contributed by atoms with Gasteiger partial charge in [0, 0.05) is 18.6 Å². The lowest BCUT2D eigenvalue weighted by Crippen LogP contribution is -2.41. The van der Waals surface area contributed by atoms with Crippen LogP contribution < -0.4 is 14.9 Å². The van der Waals surface area contributed by atoms with Crippen molar-refractivity contribution in [1.29, 1.82) is 0 Å². The maximum absolute atomic E-state index is 12.9.